The Morgan fingerprint density at radius 1 is 1.06 bits per heavy atom. The van der Waals surface area contributed by atoms with Crippen molar-refractivity contribution in [1.82, 2.24) is 4.98 Å². The number of aryl methyl sites for hydroxylation is 2. The minimum atomic E-state index is -0.791. The molecule has 0 aliphatic carbocycles. The van der Waals surface area contributed by atoms with Gasteiger partial charge in [0.15, 0.2) is 5.13 Å². The van der Waals surface area contributed by atoms with Crippen molar-refractivity contribution in [3.63, 3.8) is 0 Å². The van der Waals surface area contributed by atoms with Gasteiger partial charge in [-0.3, -0.25) is 14.5 Å². The van der Waals surface area contributed by atoms with Crippen molar-refractivity contribution in [2.45, 2.75) is 26.3 Å². The summed E-state index contributed by atoms with van der Waals surface area (Å²) in [5.74, 6) is -1.61. The number of aromatic nitrogens is 1. The normalized spacial score (nSPS) is 17.6. The monoisotopic (exact) mass is 532 g/mol. The zero-order chi connectivity index (χ0) is 24.0. The van der Waals surface area contributed by atoms with Crippen LogP contribution in [0.2, 0.25) is 0 Å². The first-order valence-electron chi connectivity index (χ1n) is 10.9. The summed E-state index contributed by atoms with van der Waals surface area (Å²) in [4.78, 5) is 32.7. The molecule has 7 heteroatoms. The van der Waals surface area contributed by atoms with Gasteiger partial charge in [-0.2, -0.15) is 0 Å². The average Bonchev–Trinajstić information content (AvgIpc) is 3.37. The molecule has 1 aliphatic rings. The number of aliphatic hydroxyl groups excluding tert-OH is 1. The lowest BCUT2D eigenvalue weighted by atomic mass is 9.95. The highest BCUT2D eigenvalue weighted by molar-refractivity contribution is 9.10. The molecule has 0 unspecified atom stereocenters. The Morgan fingerprint density at radius 2 is 1.76 bits per heavy atom. The molecule has 170 valence electrons. The van der Waals surface area contributed by atoms with Crippen molar-refractivity contribution in [1.29, 1.82) is 0 Å². The van der Waals surface area contributed by atoms with E-state index in [1.165, 1.54) is 21.8 Å². The molecule has 1 amide bonds. The summed E-state index contributed by atoms with van der Waals surface area (Å²) in [6.45, 7) is 4.03. The van der Waals surface area contributed by atoms with Crippen molar-refractivity contribution in [3.8, 4) is 0 Å². The second-order valence-electron chi connectivity index (χ2n) is 8.24. The predicted octanol–water partition coefficient (Wildman–Crippen LogP) is 6.56. The molecule has 0 radical (unpaired) electrons. The minimum Gasteiger partial charge on any atom is -0.507 e. The maximum atomic E-state index is 13.3. The van der Waals surface area contributed by atoms with Gasteiger partial charge < -0.3 is 5.11 Å². The van der Waals surface area contributed by atoms with E-state index in [0.29, 0.717) is 16.3 Å². The van der Waals surface area contributed by atoms with Crippen LogP contribution in [0.15, 0.2) is 76.8 Å². The average molecular weight is 533 g/mol. The van der Waals surface area contributed by atoms with Crippen LogP contribution in [0.5, 0.6) is 0 Å². The van der Waals surface area contributed by atoms with E-state index in [0.717, 1.165) is 26.7 Å². The van der Waals surface area contributed by atoms with Gasteiger partial charge in [-0.25, -0.2) is 4.98 Å². The number of Topliss-reactive ketones (excluding diaryl/α,β-unsaturated/α-hetero) is 1. The molecule has 2 heterocycles. The summed E-state index contributed by atoms with van der Waals surface area (Å²) in [7, 11) is 0. The molecule has 5 nitrogen and oxygen atoms in total. The number of rotatable bonds is 4. The van der Waals surface area contributed by atoms with Crippen LogP contribution in [-0.4, -0.2) is 21.8 Å². The smallest absolute Gasteiger partial charge is 0.301 e. The molecule has 0 bridgehead atoms. The summed E-state index contributed by atoms with van der Waals surface area (Å²) in [5.41, 5.74) is 4.24. The van der Waals surface area contributed by atoms with E-state index in [2.05, 4.69) is 33.9 Å². The van der Waals surface area contributed by atoms with Crippen LogP contribution in [0.1, 0.15) is 35.2 Å². The number of aliphatic hydroxyl groups is 1. The predicted molar refractivity (Wildman–Crippen MR) is 139 cm³/mol. The molecule has 3 aromatic carbocycles. The Balaban J connectivity index is 1.71. The molecular formula is C27H21BrN2O3S. The molecule has 1 saturated heterocycles. The van der Waals surface area contributed by atoms with Gasteiger partial charge in [0.25, 0.3) is 5.78 Å². The van der Waals surface area contributed by atoms with Crippen LogP contribution in [-0.2, 0) is 16.0 Å². The number of anilines is 1. The van der Waals surface area contributed by atoms with Gasteiger partial charge in [-0.15, -0.1) is 0 Å². The van der Waals surface area contributed by atoms with E-state index in [9.17, 15) is 14.7 Å². The number of hydrogen-bond acceptors (Lipinski definition) is 5. The summed E-state index contributed by atoms with van der Waals surface area (Å²) < 4.78 is 1.82. The number of carbonyl (C=O) groups excluding carboxylic acids is 2. The first-order chi connectivity index (χ1) is 16.4. The molecule has 1 fully saturated rings. The van der Waals surface area contributed by atoms with Crippen molar-refractivity contribution in [3.05, 3.63) is 99.0 Å². The molecule has 4 aromatic rings. The Hall–Kier alpha value is -3.29. The van der Waals surface area contributed by atoms with E-state index >= 15 is 0 Å². The Kier molecular flexibility index (Phi) is 5.83. The van der Waals surface area contributed by atoms with Crippen molar-refractivity contribution >= 4 is 60.1 Å². The minimum absolute atomic E-state index is 0.0599. The number of fused-ring (bicyclic) bond motifs is 1. The van der Waals surface area contributed by atoms with Crippen LogP contribution in [0.3, 0.4) is 0 Å². The first-order valence-corrected chi connectivity index (χ1v) is 12.5. The number of hydrogen-bond donors (Lipinski definition) is 1. The van der Waals surface area contributed by atoms with Crippen molar-refractivity contribution in [2.75, 3.05) is 4.90 Å². The SMILES string of the molecule is CCc1ccc2nc(N3C(=O)C(=O)/C(=C(/O)c4ccc(C)cc4)[C@@H]3c3ccc(Br)cc3)sc2c1. The third kappa shape index (κ3) is 3.85. The fourth-order valence-corrected chi connectivity index (χ4v) is 5.46. The quantitative estimate of drug-likeness (QED) is 0.183. The zero-order valence-electron chi connectivity index (χ0n) is 18.6. The van der Waals surface area contributed by atoms with Crippen LogP contribution >= 0.6 is 27.3 Å². The van der Waals surface area contributed by atoms with Crippen LogP contribution < -0.4 is 4.90 Å². The Morgan fingerprint density at radius 3 is 2.44 bits per heavy atom. The molecule has 1 atom stereocenters. The number of carbonyl (C=O) groups is 2. The lowest BCUT2D eigenvalue weighted by Gasteiger charge is -2.23. The maximum Gasteiger partial charge on any atom is 0.301 e. The van der Waals surface area contributed by atoms with E-state index in [1.807, 2.05) is 55.5 Å². The molecule has 0 saturated carbocycles. The van der Waals surface area contributed by atoms with Gasteiger partial charge in [0, 0.05) is 10.0 Å². The molecule has 0 spiro atoms. The van der Waals surface area contributed by atoms with Crippen molar-refractivity contribution < 1.29 is 14.7 Å². The van der Waals surface area contributed by atoms with Gasteiger partial charge in [0.05, 0.1) is 21.8 Å². The van der Waals surface area contributed by atoms with Crippen LogP contribution in [0.25, 0.3) is 16.0 Å². The highest BCUT2D eigenvalue weighted by Crippen LogP contribution is 2.44. The third-order valence-corrected chi connectivity index (χ3v) is 7.56. The zero-order valence-corrected chi connectivity index (χ0v) is 21.0. The number of halogens is 1. The molecule has 1 aromatic heterocycles. The number of thiazole rings is 1. The Labute approximate surface area is 209 Å². The maximum absolute atomic E-state index is 13.3. The standard InChI is InChI=1S/C27H21BrN2O3S/c1-3-16-6-13-20-21(14-16)34-27(29-20)30-23(17-9-11-19(28)12-10-17)22(25(32)26(30)33)24(31)18-7-4-15(2)5-8-18/h4-14,23,31H,3H2,1-2H3/b24-22+/t23-/m0/s1. The van der Waals surface area contributed by atoms with Crippen molar-refractivity contribution in [2.24, 2.45) is 0 Å². The summed E-state index contributed by atoms with van der Waals surface area (Å²) in [6, 6.07) is 19.8. The van der Waals surface area contributed by atoms with Gasteiger partial charge >= 0.3 is 5.91 Å². The van der Waals surface area contributed by atoms with E-state index in [-0.39, 0.29) is 11.3 Å². The Bertz CT molecular complexity index is 1460. The van der Waals surface area contributed by atoms with Gasteiger partial charge in [0.1, 0.15) is 5.76 Å². The first kappa shape index (κ1) is 22.5. The number of benzene rings is 3. The highest BCUT2D eigenvalue weighted by Gasteiger charge is 2.48. The second kappa shape index (κ2) is 8.81. The third-order valence-electron chi connectivity index (χ3n) is 6.01. The largest absolute Gasteiger partial charge is 0.507 e. The summed E-state index contributed by atoms with van der Waals surface area (Å²) in [5, 5.41) is 11.6. The van der Waals surface area contributed by atoms with E-state index in [4.69, 9.17) is 0 Å². The second-order valence-corrected chi connectivity index (χ2v) is 10.2. The molecule has 34 heavy (non-hydrogen) atoms. The molecule has 1 aliphatic heterocycles. The lowest BCUT2D eigenvalue weighted by molar-refractivity contribution is -0.132. The fraction of sp³-hybridized carbons (Fsp3) is 0.148. The van der Waals surface area contributed by atoms with Gasteiger partial charge in [0.2, 0.25) is 0 Å². The number of ketones is 1. The fourth-order valence-electron chi connectivity index (χ4n) is 4.14. The van der Waals surface area contributed by atoms with E-state index in [1.54, 1.807) is 12.1 Å². The van der Waals surface area contributed by atoms with Gasteiger partial charge in [-0.05, 0) is 48.7 Å². The lowest BCUT2D eigenvalue weighted by Crippen LogP contribution is -2.29. The summed E-state index contributed by atoms with van der Waals surface area (Å²) in [6.07, 6.45) is 0.892. The highest BCUT2D eigenvalue weighted by atomic mass is 79.9. The number of amides is 1. The molecule has 5 rings (SSSR count). The van der Waals surface area contributed by atoms with Crippen LogP contribution in [0.4, 0.5) is 5.13 Å². The topological polar surface area (TPSA) is 70.5 Å². The van der Waals surface area contributed by atoms with E-state index < -0.39 is 17.7 Å². The van der Waals surface area contributed by atoms with Gasteiger partial charge in [-0.1, -0.05) is 82.2 Å². The molecular weight excluding hydrogens is 512 g/mol. The molecule has 1 N–H and O–H groups in total. The summed E-state index contributed by atoms with van der Waals surface area (Å²) >= 11 is 4.81. The van der Waals surface area contributed by atoms with Crippen LogP contribution in [0, 0.1) is 6.92 Å². The number of nitrogens with zero attached hydrogens (tertiary/aromatic N) is 2.